The van der Waals surface area contributed by atoms with Gasteiger partial charge in [0.05, 0.1) is 0 Å². The predicted octanol–water partition coefficient (Wildman–Crippen LogP) is 4.52. The average Bonchev–Trinajstić information content (AvgIpc) is 2.14. The zero-order chi connectivity index (χ0) is 12.1. The standard InChI is InChI=1S/C10H19N.C4H10/c1-4-7-9-10(8-5-2)11-6-3;1-4(2)3/h5,8-9,11H,4,6-7H2,1-3H3;4H,1-3H3/b8-5-,10-9+;. The van der Waals surface area contributed by atoms with Gasteiger partial charge in [0.1, 0.15) is 0 Å². The number of unbranched alkanes of at least 4 members (excludes halogenated alkanes) is 1. The normalized spacial score (nSPS) is 11.5. The van der Waals surface area contributed by atoms with Crippen molar-refractivity contribution in [1.29, 1.82) is 0 Å². The predicted molar refractivity (Wildman–Crippen MR) is 72.0 cm³/mol. The van der Waals surface area contributed by atoms with Gasteiger partial charge in [-0.2, -0.15) is 0 Å². The first kappa shape index (κ1) is 16.7. The van der Waals surface area contributed by atoms with Gasteiger partial charge in [-0.15, -0.1) is 0 Å². The van der Waals surface area contributed by atoms with Crippen molar-refractivity contribution < 1.29 is 0 Å². The lowest BCUT2D eigenvalue weighted by atomic mass is 10.2. The van der Waals surface area contributed by atoms with Gasteiger partial charge in [0.25, 0.3) is 0 Å². The molecular formula is C14H29N. The molecule has 15 heavy (non-hydrogen) atoms. The summed E-state index contributed by atoms with van der Waals surface area (Å²) in [6.07, 6.45) is 8.78. The summed E-state index contributed by atoms with van der Waals surface area (Å²) in [7, 11) is 0. The van der Waals surface area contributed by atoms with Crippen LogP contribution >= 0.6 is 0 Å². The van der Waals surface area contributed by atoms with E-state index in [9.17, 15) is 0 Å². The van der Waals surface area contributed by atoms with E-state index in [1.807, 2.05) is 6.92 Å². The van der Waals surface area contributed by atoms with Crippen LogP contribution in [-0.2, 0) is 0 Å². The van der Waals surface area contributed by atoms with Crippen molar-refractivity contribution in [3.05, 3.63) is 23.9 Å². The molecule has 0 unspecified atom stereocenters. The third kappa shape index (κ3) is 19.6. The lowest BCUT2D eigenvalue weighted by Crippen LogP contribution is -2.09. The summed E-state index contributed by atoms with van der Waals surface area (Å²) in [5, 5.41) is 3.29. The Morgan fingerprint density at radius 3 is 2.07 bits per heavy atom. The number of likely N-dealkylation sites (N-methyl/N-ethyl adjacent to an activating group) is 1. The van der Waals surface area contributed by atoms with E-state index in [-0.39, 0.29) is 0 Å². The van der Waals surface area contributed by atoms with Crippen LogP contribution in [0.2, 0.25) is 0 Å². The first-order chi connectivity index (χ1) is 7.08. The van der Waals surface area contributed by atoms with E-state index in [1.54, 1.807) is 0 Å². The third-order valence-corrected chi connectivity index (χ3v) is 1.38. The van der Waals surface area contributed by atoms with Crippen LogP contribution in [0.4, 0.5) is 0 Å². The van der Waals surface area contributed by atoms with Gasteiger partial charge in [0.2, 0.25) is 0 Å². The molecule has 1 nitrogen and oxygen atoms in total. The van der Waals surface area contributed by atoms with E-state index in [2.05, 4.69) is 58.2 Å². The fourth-order valence-electron chi connectivity index (χ4n) is 0.883. The SMILES string of the molecule is C/C=C\C(=C/CCC)NCC.CC(C)C. The molecular weight excluding hydrogens is 182 g/mol. The maximum Gasteiger partial charge on any atom is 0.0296 e. The summed E-state index contributed by atoms with van der Waals surface area (Å²) in [5.74, 6) is 0.833. The smallest absolute Gasteiger partial charge is 0.0296 e. The minimum absolute atomic E-state index is 0.833. The lowest BCUT2D eigenvalue weighted by molar-refractivity contribution is 0.737. The third-order valence-electron chi connectivity index (χ3n) is 1.38. The highest BCUT2D eigenvalue weighted by atomic mass is 14.9. The zero-order valence-electron chi connectivity index (χ0n) is 11.4. The molecule has 90 valence electrons. The number of rotatable bonds is 5. The van der Waals surface area contributed by atoms with Crippen molar-refractivity contribution in [1.82, 2.24) is 5.32 Å². The quantitative estimate of drug-likeness (QED) is 0.659. The molecule has 0 aliphatic rings. The molecule has 0 fully saturated rings. The summed E-state index contributed by atoms with van der Waals surface area (Å²) in [4.78, 5) is 0. The molecule has 0 aromatic carbocycles. The second-order valence-electron chi connectivity index (χ2n) is 4.21. The molecule has 0 atom stereocenters. The minimum atomic E-state index is 0.833. The van der Waals surface area contributed by atoms with Crippen molar-refractivity contribution >= 4 is 0 Å². The van der Waals surface area contributed by atoms with Gasteiger partial charge in [0, 0.05) is 12.2 Å². The van der Waals surface area contributed by atoms with Crippen molar-refractivity contribution in [2.45, 2.75) is 54.4 Å². The van der Waals surface area contributed by atoms with Crippen LogP contribution < -0.4 is 5.32 Å². The van der Waals surface area contributed by atoms with E-state index >= 15 is 0 Å². The zero-order valence-corrected chi connectivity index (χ0v) is 11.4. The van der Waals surface area contributed by atoms with E-state index in [0.717, 1.165) is 18.9 Å². The Hall–Kier alpha value is -0.720. The number of hydrogen-bond donors (Lipinski definition) is 1. The first-order valence-corrected chi connectivity index (χ1v) is 6.15. The molecule has 0 aliphatic carbocycles. The Bertz CT molecular complexity index is 163. The maximum atomic E-state index is 3.29. The lowest BCUT2D eigenvalue weighted by Gasteiger charge is -2.02. The molecule has 0 aliphatic heterocycles. The highest BCUT2D eigenvalue weighted by Gasteiger charge is 1.85. The Morgan fingerprint density at radius 2 is 1.73 bits per heavy atom. The largest absolute Gasteiger partial charge is 0.386 e. The van der Waals surface area contributed by atoms with Gasteiger partial charge >= 0.3 is 0 Å². The number of nitrogens with one attached hydrogen (secondary N) is 1. The van der Waals surface area contributed by atoms with Gasteiger partial charge < -0.3 is 5.32 Å². The van der Waals surface area contributed by atoms with E-state index < -0.39 is 0 Å². The summed E-state index contributed by atoms with van der Waals surface area (Å²) in [5.41, 5.74) is 1.25. The van der Waals surface area contributed by atoms with Crippen molar-refractivity contribution in [3.8, 4) is 0 Å². The fraction of sp³-hybridized carbons (Fsp3) is 0.714. The fourth-order valence-corrected chi connectivity index (χ4v) is 0.883. The monoisotopic (exact) mass is 211 g/mol. The van der Waals surface area contributed by atoms with Crippen molar-refractivity contribution in [2.75, 3.05) is 6.54 Å². The molecule has 0 aromatic rings. The van der Waals surface area contributed by atoms with Crippen LogP contribution in [0, 0.1) is 5.92 Å². The molecule has 0 radical (unpaired) electrons. The molecule has 0 heterocycles. The van der Waals surface area contributed by atoms with Gasteiger partial charge in [-0.25, -0.2) is 0 Å². The van der Waals surface area contributed by atoms with Gasteiger partial charge in [-0.3, -0.25) is 0 Å². The molecule has 0 rings (SSSR count). The molecule has 0 aromatic heterocycles. The highest BCUT2D eigenvalue weighted by Crippen LogP contribution is 1.97. The topological polar surface area (TPSA) is 12.0 Å². The first-order valence-electron chi connectivity index (χ1n) is 6.15. The molecule has 0 spiro atoms. The Labute approximate surface area is 96.7 Å². The van der Waals surface area contributed by atoms with Crippen LogP contribution in [0.1, 0.15) is 54.4 Å². The van der Waals surface area contributed by atoms with Gasteiger partial charge in [0.15, 0.2) is 0 Å². The molecule has 1 heteroatoms. The summed E-state index contributed by atoms with van der Waals surface area (Å²) < 4.78 is 0. The Balaban J connectivity index is 0. The Kier molecular flexibility index (Phi) is 14.8. The van der Waals surface area contributed by atoms with E-state index in [4.69, 9.17) is 0 Å². The highest BCUT2D eigenvalue weighted by molar-refractivity contribution is 5.15. The minimum Gasteiger partial charge on any atom is -0.386 e. The molecule has 0 amide bonds. The molecule has 0 saturated heterocycles. The van der Waals surface area contributed by atoms with Crippen LogP contribution in [0.3, 0.4) is 0 Å². The van der Waals surface area contributed by atoms with Crippen LogP contribution in [0.15, 0.2) is 23.9 Å². The van der Waals surface area contributed by atoms with Crippen molar-refractivity contribution in [3.63, 3.8) is 0 Å². The van der Waals surface area contributed by atoms with E-state index in [1.165, 1.54) is 12.1 Å². The summed E-state index contributed by atoms with van der Waals surface area (Å²) in [6, 6.07) is 0. The average molecular weight is 211 g/mol. The summed E-state index contributed by atoms with van der Waals surface area (Å²) >= 11 is 0. The number of allylic oxidation sites excluding steroid dienone is 3. The van der Waals surface area contributed by atoms with Crippen LogP contribution in [0.25, 0.3) is 0 Å². The number of hydrogen-bond acceptors (Lipinski definition) is 1. The van der Waals surface area contributed by atoms with E-state index in [0.29, 0.717) is 0 Å². The second-order valence-corrected chi connectivity index (χ2v) is 4.21. The van der Waals surface area contributed by atoms with Gasteiger partial charge in [-0.05, 0) is 32.3 Å². The molecule has 0 bridgehead atoms. The maximum absolute atomic E-state index is 3.29. The second kappa shape index (κ2) is 13.3. The van der Waals surface area contributed by atoms with Crippen LogP contribution in [-0.4, -0.2) is 6.54 Å². The van der Waals surface area contributed by atoms with Gasteiger partial charge in [-0.1, -0.05) is 46.3 Å². The summed E-state index contributed by atoms with van der Waals surface area (Å²) in [6.45, 7) is 13.8. The van der Waals surface area contributed by atoms with Crippen molar-refractivity contribution in [2.24, 2.45) is 5.92 Å². The molecule has 0 saturated carbocycles. The Morgan fingerprint density at radius 1 is 1.20 bits per heavy atom. The molecule has 1 N–H and O–H groups in total. The van der Waals surface area contributed by atoms with Crippen LogP contribution in [0.5, 0.6) is 0 Å².